The van der Waals surface area contributed by atoms with E-state index in [-0.39, 0.29) is 0 Å². The van der Waals surface area contributed by atoms with Gasteiger partial charge in [0.15, 0.2) is 0 Å². The zero-order chi connectivity index (χ0) is 20.4. The zero-order valence-electron chi connectivity index (χ0n) is 16.3. The molecule has 0 saturated carbocycles. The van der Waals surface area contributed by atoms with Gasteiger partial charge in [-0.1, -0.05) is 42.5 Å². The molecule has 7 heteroatoms. The number of benzene rings is 2. The fourth-order valence-electron chi connectivity index (χ4n) is 3.39. The number of fused-ring (bicyclic) bond motifs is 1. The summed E-state index contributed by atoms with van der Waals surface area (Å²) < 4.78 is 7.60. The molecule has 1 atom stereocenters. The molecule has 1 aliphatic heterocycles. The van der Waals surface area contributed by atoms with Gasteiger partial charge in [0.2, 0.25) is 0 Å². The largest absolute Gasteiger partial charge is 0.465 e. The number of nitrogens with zero attached hydrogens (tertiary/aromatic N) is 3. The van der Waals surface area contributed by atoms with Crippen LogP contribution in [0.4, 0.5) is 11.4 Å². The van der Waals surface area contributed by atoms with Gasteiger partial charge in [-0.05, 0) is 31.5 Å². The van der Waals surface area contributed by atoms with Gasteiger partial charge in [-0.2, -0.15) is 5.10 Å². The topological polar surface area (TPSA) is 76.5 Å². The molecule has 0 saturated heterocycles. The second-order valence-corrected chi connectivity index (χ2v) is 7.02. The average molecular weight is 390 g/mol. The van der Waals surface area contributed by atoms with E-state index in [2.05, 4.69) is 10.4 Å². The van der Waals surface area contributed by atoms with Gasteiger partial charge in [0.25, 0.3) is 17.4 Å². The molecule has 3 aromatic rings. The summed E-state index contributed by atoms with van der Waals surface area (Å²) in [5.41, 5.74) is 0.610. The third kappa shape index (κ3) is 3.47. The molecule has 1 aromatic heterocycles. The molecule has 7 nitrogen and oxygen atoms in total. The van der Waals surface area contributed by atoms with Crippen LogP contribution in [0.25, 0.3) is 0 Å². The van der Waals surface area contributed by atoms with Gasteiger partial charge in [0, 0.05) is 12.7 Å². The van der Waals surface area contributed by atoms with Gasteiger partial charge in [-0.3, -0.25) is 14.3 Å². The molecular formula is C22H22N4O3. The van der Waals surface area contributed by atoms with E-state index < -0.39 is 17.4 Å². The highest BCUT2D eigenvalue weighted by Gasteiger charge is 2.50. The van der Waals surface area contributed by atoms with Crippen LogP contribution in [0.15, 0.2) is 67.0 Å². The standard InChI is InChI=1S/C22H22N4O3/c1-3-26-18-11-7-8-12-19(18)29-22(2,21(26)28)20(27)24-17-13-23-25(15-17)14-16-9-5-4-6-10-16/h4-13,15H,3,14H2,1-2H3,(H,24,27). The molecule has 29 heavy (non-hydrogen) atoms. The monoisotopic (exact) mass is 390 g/mol. The lowest BCUT2D eigenvalue weighted by Crippen LogP contribution is -2.60. The van der Waals surface area contributed by atoms with Crippen LogP contribution in [0.1, 0.15) is 19.4 Å². The number of aromatic nitrogens is 2. The van der Waals surface area contributed by atoms with Gasteiger partial charge in [-0.25, -0.2) is 0 Å². The summed E-state index contributed by atoms with van der Waals surface area (Å²) in [5, 5.41) is 7.05. The van der Waals surface area contributed by atoms with E-state index in [1.54, 1.807) is 28.0 Å². The number of anilines is 2. The van der Waals surface area contributed by atoms with Gasteiger partial charge < -0.3 is 15.0 Å². The number of likely N-dealkylation sites (N-methyl/N-ethyl adjacent to an activating group) is 1. The van der Waals surface area contributed by atoms with Crippen molar-refractivity contribution in [2.45, 2.75) is 26.0 Å². The van der Waals surface area contributed by atoms with Crippen molar-refractivity contribution < 1.29 is 14.3 Å². The highest BCUT2D eigenvalue weighted by Crippen LogP contribution is 2.37. The quantitative estimate of drug-likeness (QED) is 0.680. The Morgan fingerprint density at radius 1 is 1.14 bits per heavy atom. The Bertz CT molecular complexity index is 1050. The van der Waals surface area contributed by atoms with Crippen LogP contribution in [0.3, 0.4) is 0 Å². The normalized spacial score (nSPS) is 18.1. The van der Waals surface area contributed by atoms with E-state index in [0.29, 0.717) is 30.2 Å². The fraction of sp³-hybridized carbons (Fsp3) is 0.227. The van der Waals surface area contributed by atoms with Crippen LogP contribution < -0.4 is 15.0 Å². The van der Waals surface area contributed by atoms with Crippen molar-refractivity contribution in [1.29, 1.82) is 0 Å². The molecule has 0 aliphatic carbocycles. The fourth-order valence-corrected chi connectivity index (χ4v) is 3.39. The van der Waals surface area contributed by atoms with E-state index in [1.807, 2.05) is 55.5 Å². The highest BCUT2D eigenvalue weighted by molar-refractivity contribution is 6.19. The number of carbonyl (C=O) groups excluding carboxylic acids is 2. The van der Waals surface area contributed by atoms with Crippen molar-refractivity contribution in [3.63, 3.8) is 0 Å². The lowest BCUT2D eigenvalue weighted by Gasteiger charge is -2.39. The van der Waals surface area contributed by atoms with Crippen molar-refractivity contribution in [3.8, 4) is 5.75 Å². The Labute approximate surface area is 168 Å². The van der Waals surface area contributed by atoms with Gasteiger partial charge in [0.1, 0.15) is 5.75 Å². The first kappa shape index (κ1) is 18.7. The number of hydrogen-bond donors (Lipinski definition) is 1. The number of ether oxygens (including phenoxy) is 1. The van der Waals surface area contributed by atoms with Crippen LogP contribution >= 0.6 is 0 Å². The summed E-state index contributed by atoms with van der Waals surface area (Å²) in [7, 11) is 0. The van der Waals surface area contributed by atoms with Crippen LogP contribution in [-0.2, 0) is 16.1 Å². The Morgan fingerprint density at radius 2 is 1.86 bits per heavy atom. The summed E-state index contributed by atoms with van der Waals surface area (Å²) in [6.07, 6.45) is 3.29. The molecule has 0 bridgehead atoms. The van der Waals surface area contributed by atoms with Gasteiger partial charge in [-0.15, -0.1) is 0 Å². The summed E-state index contributed by atoms with van der Waals surface area (Å²) in [6.45, 7) is 4.39. The smallest absolute Gasteiger partial charge is 0.280 e. The van der Waals surface area contributed by atoms with E-state index in [1.165, 1.54) is 6.92 Å². The summed E-state index contributed by atoms with van der Waals surface area (Å²) in [4.78, 5) is 27.6. The van der Waals surface area contributed by atoms with E-state index in [4.69, 9.17) is 4.74 Å². The van der Waals surface area contributed by atoms with Gasteiger partial charge in [0.05, 0.1) is 24.1 Å². The maximum absolute atomic E-state index is 13.0. The number of amides is 2. The van der Waals surface area contributed by atoms with Crippen molar-refractivity contribution in [1.82, 2.24) is 9.78 Å². The van der Waals surface area contributed by atoms with Crippen molar-refractivity contribution >= 4 is 23.2 Å². The SMILES string of the molecule is CCN1C(=O)C(C)(C(=O)Nc2cnn(Cc3ccccc3)c2)Oc2ccccc21. The predicted octanol–water partition coefficient (Wildman–Crippen LogP) is 3.07. The maximum Gasteiger partial charge on any atom is 0.280 e. The Kier molecular flexibility index (Phi) is 4.80. The molecule has 1 unspecified atom stereocenters. The molecule has 2 aromatic carbocycles. The molecule has 0 radical (unpaired) electrons. The number of carbonyl (C=O) groups is 2. The number of rotatable bonds is 5. The Morgan fingerprint density at radius 3 is 2.62 bits per heavy atom. The summed E-state index contributed by atoms with van der Waals surface area (Å²) in [5.74, 6) is -0.422. The number of para-hydroxylation sites is 2. The van der Waals surface area contributed by atoms with Crippen LogP contribution in [0.2, 0.25) is 0 Å². The lowest BCUT2D eigenvalue weighted by molar-refractivity contribution is -0.145. The van der Waals surface area contributed by atoms with Crippen molar-refractivity contribution in [2.75, 3.05) is 16.8 Å². The number of hydrogen-bond acceptors (Lipinski definition) is 4. The molecule has 0 spiro atoms. The molecule has 1 aliphatic rings. The summed E-state index contributed by atoms with van der Waals surface area (Å²) in [6, 6.07) is 17.1. The molecule has 0 fully saturated rings. The first-order valence-electron chi connectivity index (χ1n) is 9.49. The van der Waals surface area contributed by atoms with Gasteiger partial charge >= 0.3 is 0 Å². The molecule has 1 N–H and O–H groups in total. The minimum atomic E-state index is -1.66. The first-order valence-corrected chi connectivity index (χ1v) is 9.49. The molecule has 4 rings (SSSR count). The Hall–Kier alpha value is -3.61. The van der Waals surface area contributed by atoms with Crippen LogP contribution in [0.5, 0.6) is 5.75 Å². The Balaban J connectivity index is 1.53. The second-order valence-electron chi connectivity index (χ2n) is 7.02. The third-order valence-electron chi connectivity index (χ3n) is 4.95. The maximum atomic E-state index is 13.0. The molecule has 2 amide bonds. The third-order valence-corrected chi connectivity index (χ3v) is 4.95. The second kappa shape index (κ2) is 7.43. The van der Waals surface area contributed by atoms with Crippen LogP contribution in [0, 0.1) is 0 Å². The van der Waals surface area contributed by atoms with Crippen molar-refractivity contribution in [3.05, 3.63) is 72.6 Å². The molecule has 2 heterocycles. The van der Waals surface area contributed by atoms with Crippen molar-refractivity contribution in [2.24, 2.45) is 0 Å². The predicted molar refractivity (Wildman–Crippen MR) is 110 cm³/mol. The van der Waals surface area contributed by atoms with E-state index in [0.717, 1.165) is 5.56 Å². The lowest BCUT2D eigenvalue weighted by atomic mass is 10.00. The summed E-state index contributed by atoms with van der Waals surface area (Å²) >= 11 is 0. The molecular weight excluding hydrogens is 368 g/mol. The van der Waals surface area contributed by atoms with E-state index in [9.17, 15) is 9.59 Å². The molecule has 148 valence electrons. The first-order chi connectivity index (χ1) is 14.0. The zero-order valence-corrected chi connectivity index (χ0v) is 16.3. The van der Waals surface area contributed by atoms with Crippen LogP contribution in [-0.4, -0.2) is 33.7 Å². The minimum absolute atomic E-state index is 0.395. The average Bonchev–Trinajstić information content (AvgIpc) is 3.16. The van der Waals surface area contributed by atoms with E-state index >= 15 is 0 Å². The minimum Gasteiger partial charge on any atom is -0.465 e. The highest BCUT2D eigenvalue weighted by atomic mass is 16.5. The number of nitrogens with one attached hydrogen (secondary N) is 1.